The molecule has 1 aromatic carbocycles. The quantitative estimate of drug-likeness (QED) is 0.803. The van der Waals surface area contributed by atoms with Crippen LogP contribution in [-0.2, 0) is 24.1 Å². The second kappa shape index (κ2) is 8.41. The van der Waals surface area contributed by atoms with Crippen molar-refractivity contribution >= 4 is 5.91 Å². The molecule has 5 nitrogen and oxygen atoms in total. The third kappa shape index (κ3) is 4.24. The molecule has 162 valence electrons. The summed E-state index contributed by atoms with van der Waals surface area (Å²) in [5, 5.41) is 3.13. The van der Waals surface area contributed by atoms with E-state index in [4.69, 9.17) is 0 Å². The van der Waals surface area contributed by atoms with Gasteiger partial charge in [-0.2, -0.15) is 13.2 Å². The van der Waals surface area contributed by atoms with Crippen LogP contribution in [0.5, 0.6) is 0 Å². The number of imidazole rings is 1. The number of hydrogen-bond donors (Lipinski definition) is 1. The van der Waals surface area contributed by atoms with Crippen LogP contribution in [0, 0.1) is 0 Å². The van der Waals surface area contributed by atoms with Crippen LogP contribution in [0.15, 0.2) is 36.7 Å². The number of hydrogen-bond acceptors (Lipinski definition) is 3. The molecule has 1 N–H and O–H groups in total. The lowest BCUT2D eigenvalue weighted by Crippen LogP contribution is -2.46. The summed E-state index contributed by atoms with van der Waals surface area (Å²) in [7, 11) is 0. The van der Waals surface area contributed by atoms with Gasteiger partial charge in [-0.3, -0.25) is 9.69 Å². The summed E-state index contributed by atoms with van der Waals surface area (Å²) < 4.78 is 42.0. The number of fused-ring (bicyclic) bond motifs is 1. The zero-order chi connectivity index (χ0) is 21.3. The van der Waals surface area contributed by atoms with E-state index in [0.29, 0.717) is 24.9 Å². The molecule has 0 spiro atoms. The fraction of sp³-hybridized carbons (Fsp3) is 0.545. The predicted molar refractivity (Wildman–Crippen MR) is 106 cm³/mol. The van der Waals surface area contributed by atoms with Crippen LogP contribution in [-0.4, -0.2) is 32.4 Å². The maximum Gasteiger partial charge on any atom is 0.416 e. The third-order valence-electron chi connectivity index (χ3n) is 6.33. The summed E-state index contributed by atoms with van der Waals surface area (Å²) in [5.41, 5.74) is 0.00351. The highest BCUT2D eigenvalue weighted by Crippen LogP contribution is 2.41. The highest BCUT2D eigenvalue weighted by atomic mass is 19.4. The van der Waals surface area contributed by atoms with Gasteiger partial charge in [0, 0.05) is 43.5 Å². The van der Waals surface area contributed by atoms with E-state index in [1.54, 1.807) is 12.3 Å². The molecule has 3 heterocycles. The molecule has 0 saturated carbocycles. The van der Waals surface area contributed by atoms with Crippen LogP contribution in [0.2, 0.25) is 0 Å². The molecule has 1 amide bonds. The number of alkyl halides is 3. The Bertz CT molecular complexity index is 895. The van der Waals surface area contributed by atoms with Crippen molar-refractivity contribution in [1.29, 1.82) is 0 Å². The monoisotopic (exact) mass is 420 g/mol. The zero-order valence-electron chi connectivity index (χ0n) is 17.0. The number of carbonyl (C=O) groups excluding carboxylic acids is 1. The van der Waals surface area contributed by atoms with E-state index >= 15 is 0 Å². The van der Waals surface area contributed by atoms with Gasteiger partial charge in [0.2, 0.25) is 5.91 Å². The lowest BCUT2D eigenvalue weighted by molar-refractivity contribution is -0.137. The van der Waals surface area contributed by atoms with E-state index in [2.05, 4.69) is 19.8 Å². The number of aryl methyl sites for hydroxylation is 1. The van der Waals surface area contributed by atoms with Gasteiger partial charge in [0.05, 0.1) is 12.1 Å². The number of rotatable bonds is 4. The second-order valence-electron chi connectivity index (χ2n) is 8.16. The van der Waals surface area contributed by atoms with Gasteiger partial charge in [-0.25, -0.2) is 4.98 Å². The molecule has 1 aromatic heterocycles. The topological polar surface area (TPSA) is 50.2 Å². The molecule has 0 bridgehead atoms. The van der Waals surface area contributed by atoms with Gasteiger partial charge in [0.25, 0.3) is 0 Å². The average Bonchev–Trinajstić information content (AvgIpc) is 3.28. The Morgan fingerprint density at radius 2 is 2.10 bits per heavy atom. The van der Waals surface area contributed by atoms with Crippen LogP contribution in [0.25, 0.3) is 0 Å². The molecule has 8 heteroatoms. The Morgan fingerprint density at radius 3 is 2.87 bits per heavy atom. The minimum Gasteiger partial charge on any atom is -0.352 e. The van der Waals surface area contributed by atoms with Crippen molar-refractivity contribution in [3.63, 3.8) is 0 Å². The molecule has 0 aliphatic carbocycles. The zero-order valence-corrected chi connectivity index (χ0v) is 17.0. The number of nitrogens with zero attached hydrogens (tertiary/aromatic N) is 3. The number of carbonyl (C=O) groups is 1. The molecule has 2 aliphatic rings. The number of amides is 1. The standard InChI is InChI=1S/C22H27F3N4O/c1-2-28-11-10-26-20(28)14-29-18-8-3-4-9-21(30)27-17(18)13-19(29)15-6-5-7-16(12-15)22(23,24)25/h5-7,10-12,17-19H,2-4,8-9,13-14H2,1H3,(H,27,30)/t17-,18+,19+/m1/s1. The molecule has 2 fully saturated rings. The molecular formula is C22H27F3N4O. The van der Waals surface area contributed by atoms with Gasteiger partial charge in [0.15, 0.2) is 0 Å². The number of likely N-dealkylation sites (tertiary alicyclic amines) is 1. The van der Waals surface area contributed by atoms with Crippen molar-refractivity contribution in [3.8, 4) is 0 Å². The number of benzene rings is 1. The summed E-state index contributed by atoms with van der Waals surface area (Å²) in [4.78, 5) is 19.0. The van der Waals surface area contributed by atoms with Gasteiger partial charge < -0.3 is 9.88 Å². The van der Waals surface area contributed by atoms with E-state index in [-0.39, 0.29) is 24.0 Å². The summed E-state index contributed by atoms with van der Waals surface area (Å²) >= 11 is 0. The highest BCUT2D eigenvalue weighted by molar-refractivity contribution is 5.76. The Balaban J connectivity index is 1.70. The van der Waals surface area contributed by atoms with Crippen molar-refractivity contribution in [2.75, 3.05) is 0 Å². The van der Waals surface area contributed by atoms with Gasteiger partial charge in [-0.1, -0.05) is 18.6 Å². The van der Waals surface area contributed by atoms with Crippen molar-refractivity contribution in [2.45, 2.75) is 76.4 Å². The first-order valence-corrected chi connectivity index (χ1v) is 10.6. The Kier molecular flexibility index (Phi) is 5.86. The Morgan fingerprint density at radius 1 is 1.27 bits per heavy atom. The average molecular weight is 420 g/mol. The first kappa shape index (κ1) is 20.9. The second-order valence-corrected chi connectivity index (χ2v) is 8.16. The largest absolute Gasteiger partial charge is 0.416 e. The van der Waals surface area contributed by atoms with E-state index in [1.807, 2.05) is 13.1 Å². The molecule has 4 rings (SSSR count). The number of nitrogens with one attached hydrogen (secondary N) is 1. The molecule has 2 aliphatic heterocycles. The van der Waals surface area contributed by atoms with Crippen LogP contribution in [0.1, 0.15) is 62.0 Å². The van der Waals surface area contributed by atoms with Gasteiger partial charge in [-0.05, 0) is 43.9 Å². The maximum absolute atomic E-state index is 13.3. The maximum atomic E-state index is 13.3. The minimum absolute atomic E-state index is 0.0319. The van der Waals surface area contributed by atoms with Crippen molar-refractivity contribution in [2.24, 2.45) is 0 Å². The van der Waals surface area contributed by atoms with Crippen LogP contribution in [0.3, 0.4) is 0 Å². The summed E-state index contributed by atoms with van der Waals surface area (Å²) in [6.07, 6.45) is 3.08. The molecular weight excluding hydrogens is 393 g/mol. The fourth-order valence-electron chi connectivity index (χ4n) is 4.86. The van der Waals surface area contributed by atoms with E-state index in [0.717, 1.165) is 37.7 Å². The molecule has 2 aromatic rings. The van der Waals surface area contributed by atoms with E-state index < -0.39 is 11.7 Å². The Labute approximate surface area is 174 Å². The number of halogens is 3. The van der Waals surface area contributed by atoms with Crippen molar-refractivity contribution in [3.05, 3.63) is 53.6 Å². The summed E-state index contributed by atoms with van der Waals surface area (Å²) in [5.74, 6) is 0.924. The predicted octanol–water partition coefficient (Wildman–Crippen LogP) is 4.30. The first-order chi connectivity index (χ1) is 14.4. The minimum atomic E-state index is -4.38. The van der Waals surface area contributed by atoms with E-state index in [1.165, 1.54) is 12.1 Å². The molecule has 30 heavy (non-hydrogen) atoms. The number of aromatic nitrogens is 2. The lowest BCUT2D eigenvalue weighted by atomic mass is 9.97. The van der Waals surface area contributed by atoms with Gasteiger partial charge in [0.1, 0.15) is 5.82 Å². The van der Waals surface area contributed by atoms with Crippen molar-refractivity contribution in [1.82, 2.24) is 19.8 Å². The SMILES string of the molecule is CCn1ccnc1CN1[C@H](c2cccc(C(F)(F)F)c2)C[C@H]2NC(=O)CCCC[C@@H]21. The molecule has 3 atom stereocenters. The summed E-state index contributed by atoms with van der Waals surface area (Å²) in [6, 6.07) is 5.41. The summed E-state index contributed by atoms with van der Waals surface area (Å²) in [6.45, 7) is 3.36. The van der Waals surface area contributed by atoms with Crippen LogP contribution >= 0.6 is 0 Å². The van der Waals surface area contributed by atoms with Crippen LogP contribution < -0.4 is 5.32 Å². The molecule has 0 radical (unpaired) electrons. The first-order valence-electron chi connectivity index (χ1n) is 10.6. The third-order valence-corrected chi connectivity index (χ3v) is 6.33. The van der Waals surface area contributed by atoms with E-state index in [9.17, 15) is 18.0 Å². The molecule has 2 saturated heterocycles. The Hall–Kier alpha value is -2.35. The normalized spacial score (nSPS) is 25.5. The smallest absolute Gasteiger partial charge is 0.352 e. The van der Waals surface area contributed by atoms with Crippen LogP contribution in [0.4, 0.5) is 13.2 Å². The van der Waals surface area contributed by atoms with Crippen molar-refractivity contribution < 1.29 is 18.0 Å². The lowest BCUT2D eigenvalue weighted by Gasteiger charge is -2.33. The van der Waals surface area contributed by atoms with Gasteiger partial charge >= 0.3 is 6.18 Å². The van der Waals surface area contributed by atoms with Gasteiger partial charge in [-0.15, -0.1) is 0 Å². The fourth-order valence-corrected chi connectivity index (χ4v) is 4.86. The highest BCUT2D eigenvalue weighted by Gasteiger charge is 2.43. The molecule has 0 unspecified atom stereocenters.